The topological polar surface area (TPSA) is 67.6 Å². The summed E-state index contributed by atoms with van der Waals surface area (Å²) in [5, 5.41) is 3.46. The lowest BCUT2D eigenvalue weighted by Gasteiger charge is -2.43. The third kappa shape index (κ3) is 3.51. The van der Waals surface area contributed by atoms with E-state index in [0.717, 1.165) is 45.5 Å². The first-order valence-corrected chi connectivity index (χ1v) is 7.81. The van der Waals surface area contributed by atoms with Crippen LogP contribution in [0.3, 0.4) is 0 Å². The van der Waals surface area contributed by atoms with Crippen LogP contribution in [-0.2, 0) is 9.53 Å². The van der Waals surface area contributed by atoms with Gasteiger partial charge in [-0.2, -0.15) is 0 Å². The van der Waals surface area contributed by atoms with Crippen molar-refractivity contribution in [3.8, 4) is 0 Å². The van der Waals surface area contributed by atoms with Crippen LogP contribution in [0, 0.1) is 5.92 Å². The molecule has 0 spiro atoms. The summed E-state index contributed by atoms with van der Waals surface area (Å²) in [5.74, 6) is 0.204. The molecule has 1 saturated heterocycles. The van der Waals surface area contributed by atoms with E-state index in [-0.39, 0.29) is 11.5 Å². The summed E-state index contributed by atoms with van der Waals surface area (Å²) in [6.07, 6.45) is 3.22. The molecular weight excluding hydrogens is 254 g/mol. The van der Waals surface area contributed by atoms with Crippen molar-refractivity contribution >= 4 is 5.91 Å². The second-order valence-corrected chi connectivity index (χ2v) is 6.86. The fourth-order valence-electron chi connectivity index (χ4n) is 3.22. The molecule has 2 fully saturated rings. The molecule has 1 atom stereocenters. The number of rotatable bonds is 7. The largest absolute Gasteiger partial charge is 0.373 e. The van der Waals surface area contributed by atoms with E-state index in [1.165, 1.54) is 0 Å². The lowest BCUT2D eigenvalue weighted by molar-refractivity contribution is -0.130. The van der Waals surface area contributed by atoms with E-state index in [0.29, 0.717) is 12.5 Å². The number of primary amides is 1. The first kappa shape index (κ1) is 15.7. The van der Waals surface area contributed by atoms with Gasteiger partial charge in [-0.1, -0.05) is 6.92 Å². The molecule has 20 heavy (non-hydrogen) atoms. The third-order valence-corrected chi connectivity index (χ3v) is 4.38. The summed E-state index contributed by atoms with van der Waals surface area (Å²) < 4.78 is 5.75. The average molecular weight is 283 g/mol. The van der Waals surface area contributed by atoms with Crippen LogP contribution >= 0.6 is 0 Å². The maximum Gasteiger partial charge on any atom is 0.239 e. The Morgan fingerprint density at radius 3 is 2.70 bits per heavy atom. The van der Waals surface area contributed by atoms with Gasteiger partial charge in [0, 0.05) is 19.6 Å². The molecule has 0 radical (unpaired) electrons. The maximum atomic E-state index is 12.1. The van der Waals surface area contributed by atoms with Gasteiger partial charge in [0.05, 0.1) is 12.2 Å². The molecule has 1 amide bonds. The fourth-order valence-corrected chi connectivity index (χ4v) is 3.22. The monoisotopic (exact) mass is 283 g/mol. The molecule has 0 aromatic rings. The Hall–Kier alpha value is -0.650. The summed E-state index contributed by atoms with van der Waals surface area (Å²) >= 11 is 0. The Kier molecular flexibility index (Phi) is 4.72. The predicted octanol–water partition coefficient (Wildman–Crippen LogP) is 0.731. The van der Waals surface area contributed by atoms with Crippen LogP contribution in [-0.4, -0.2) is 54.7 Å². The van der Waals surface area contributed by atoms with Gasteiger partial charge in [0.15, 0.2) is 0 Å². The summed E-state index contributed by atoms with van der Waals surface area (Å²) in [6.45, 7) is 10.3. The molecule has 116 valence electrons. The average Bonchev–Trinajstić information content (AvgIpc) is 3.17. The van der Waals surface area contributed by atoms with E-state index < -0.39 is 5.54 Å². The highest BCUT2D eigenvalue weighted by Crippen LogP contribution is 2.40. The summed E-state index contributed by atoms with van der Waals surface area (Å²) in [4.78, 5) is 14.5. The number of morpholine rings is 1. The molecule has 2 rings (SSSR count). The Labute approximate surface area is 122 Å². The van der Waals surface area contributed by atoms with Crippen molar-refractivity contribution in [2.24, 2.45) is 11.7 Å². The number of carbonyl (C=O) groups is 1. The highest BCUT2D eigenvalue weighted by atomic mass is 16.5. The minimum Gasteiger partial charge on any atom is -0.373 e. The van der Waals surface area contributed by atoms with E-state index in [9.17, 15) is 4.79 Å². The molecule has 1 unspecified atom stereocenters. The number of amides is 1. The van der Waals surface area contributed by atoms with Crippen LogP contribution < -0.4 is 11.1 Å². The van der Waals surface area contributed by atoms with Gasteiger partial charge >= 0.3 is 0 Å². The second-order valence-electron chi connectivity index (χ2n) is 6.86. The lowest BCUT2D eigenvalue weighted by Crippen LogP contribution is -2.65. The number of nitrogens with one attached hydrogen (secondary N) is 1. The summed E-state index contributed by atoms with van der Waals surface area (Å²) in [6, 6.07) is 0. The normalized spacial score (nSPS) is 26.1. The van der Waals surface area contributed by atoms with Gasteiger partial charge in [-0.15, -0.1) is 0 Å². The van der Waals surface area contributed by atoms with E-state index in [1.807, 2.05) is 0 Å². The Morgan fingerprint density at radius 1 is 1.50 bits per heavy atom. The number of carbonyl (C=O) groups excluding carboxylic acids is 1. The molecule has 1 heterocycles. The second kappa shape index (κ2) is 6.00. The van der Waals surface area contributed by atoms with Crippen LogP contribution in [0.2, 0.25) is 0 Å². The lowest BCUT2D eigenvalue weighted by atomic mass is 9.90. The Balaban J connectivity index is 2.08. The standard InChI is InChI=1S/C15H29N3O2/c1-4-7-17-15(13(16)19,12-5-6-12)11-18-8-9-20-14(2,3)10-18/h12,17H,4-11H2,1-3H3,(H2,16,19). The van der Waals surface area contributed by atoms with Gasteiger partial charge < -0.3 is 15.8 Å². The van der Waals surface area contributed by atoms with E-state index >= 15 is 0 Å². The minimum absolute atomic E-state index is 0.143. The van der Waals surface area contributed by atoms with E-state index in [4.69, 9.17) is 10.5 Å². The highest BCUT2D eigenvalue weighted by Gasteiger charge is 2.50. The maximum absolute atomic E-state index is 12.1. The quantitative estimate of drug-likeness (QED) is 0.723. The SMILES string of the molecule is CCCNC(CN1CCOC(C)(C)C1)(C(N)=O)C1CC1. The minimum atomic E-state index is -0.552. The Bertz CT molecular complexity index is 355. The van der Waals surface area contributed by atoms with Crippen molar-refractivity contribution in [1.82, 2.24) is 10.2 Å². The van der Waals surface area contributed by atoms with Crippen molar-refractivity contribution in [1.29, 1.82) is 0 Å². The molecule has 2 aliphatic rings. The van der Waals surface area contributed by atoms with Crippen molar-refractivity contribution in [2.45, 2.75) is 51.2 Å². The molecule has 5 heteroatoms. The van der Waals surface area contributed by atoms with Crippen LogP contribution in [0.25, 0.3) is 0 Å². The fraction of sp³-hybridized carbons (Fsp3) is 0.933. The number of hydrogen-bond donors (Lipinski definition) is 2. The highest BCUT2D eigenvalue weighted by molar-refractivity contribution is 5.86. The molecule has 1 saturated carbocycles. The number of ether oxygens (including phenoxy) is 1. The molecular formula is C15H29N3O2. The third-order valence-electron chi connectivity index (χ3n) is 4.38. The van der Waals surface area contributed by atoms with Crippen molar-refractivity contribution in [3.05, 3.63) is 0 Å². The molecule has 3 N–H and O–H groups in total. The zero-order valence-corrected chi connectivity index (χ0v) is 13.1. The molecule has 0 bridgehead atoms. The van der Waals surface area contributed by atoms with Gasteiger partial charge in [0.2, 0.25) is 5.91 Å². The van der Waals surface area contributed by atoms with Crippen LogP contribution in [0.1, 0.15) is 40.0 Å². The van der Waals surface area contributed by atoms with Gasteiger partial charge in [-0.05, 0) is 45.6 Å². The molecule has 0 aromatic carbocycles. The van der Waals surface area contributed by atoms with Gasteiger partial charge in [0.25, 0.3) is 0 Å². The van der Waals surface area contributed by atoms with Gasteiger partial charge in [-0.25, -0.2) is 0 Å². The first-order chi connectivity index (χ1) is 9.39. The zero-order chi connectivity index (χ0) is 14.8. The predicted molar refractivity (Wildman–Crippen MR) is 79.4 cm³/mol. The summed E-state index contributed by atoms with van der Waals surface area (Å²) in [7, 11) is 0. The van der Waals surface area contributed by atoms with E-state index in [1.54, 1.807) is 0 Å². The van der Waals surface area contributed by atoms with Crippen molar-refractivity contribution < 1.29 is 9.53 Å². The van der Waals surface area contributed by atoms with Crippen LogP contribution in [0.5, 0.6) is 0 Å². The van der Waals surface area contributed by atoms with Gasteiger partial charge in [0.1, 0.15) is 5.54 Å². The van der Waals surface area contributed by atoms with Crippen LogP contribution in [0.15, 0.2) is 0 Å². The molecule has 5 nitrogen and oxygen atoms in total. The van der Waals surface area contributed by atoms with Crippen molar-refractivity contribution in [2.75, 3.05) is 32.8 Å². The number of nitrogens with zero attached hydrogens (tertiary/aromatic N) is 1. The van der Waals surface area contributed by atoms with Crippen molar-refractivity contribution in [3.63, 3.8) is 0 Å². The first-order valence-electron chi connectivity index (χ1n) is 7.81. The Morgan fingerprint density at radius 2 is 2.20 bits per heavy atom. The summed E-state index contributed by atoms with van der Waals surface area (Å²) in [5.41, 5.74) is 5.08. The number of nitrogens with two attached hydrogens (primary N) is 1. The van der Waals surface area contributed by atoms with E-state index in [2.05, 4.69) is 31.0 Å². The number of hydrogen-bond acceptors (Lipinski definition) is 4. The van der Waals surface area contributed by atoms with Crippen LogP contribution in [0.4, 0.5) is 0 Å². The molecule has 1 aliphatic heterocycles. The smallest absolute Gasteiger partial charge is 0.239 e. The molecule has 0 aromatic heterocycles. The van der Waals surface area contributed by atoms with Gasteiger partial charge in [-0.3, -0.25) is 9.69 Å². The zero-order valence-electron chi connectivity index (χ0n) is 13.1. The molecule has 1 aliphatic carbocycles.